The molecule has 0 spiro atoms. The van der Waals surface area contributed by atoms with E-state index in [1.807, 2.05) is 30.3 Å². The van der Waals surface area contributed by atoms with E-state index in [4.69, 9.17) is 4.74 Å². The molecule has 0 radical (unpaired) electrons. The zero-order valence-electron chi connectivity index (χ0n) is 14.9. The highest BCUT2D eigenvalue weighted by Crippen LogP contribution is 2.51. The van der Waals surface area contributed by atoms with E-state index in [9.17, 15) is 9.90 Å². The van der Waals surface area contributed by atoms with Crippen molar-refractivity contribution in [2.24, 2.45) is 0 Å². The van der Waals surface area contributed by atoms with Gasteiger partial charge in [-0.1, -0.05) is 24.3 Å². The lowest BCUT2D eigenvalue weighted by atomic mass is 9.84. The second-order valence-corrected chi connectivity index (χ2v) is 7.81. The van der Waals surface area contributed by atoms with Crippen LogP contribution in [-0.4, -0.2) is 36.4 Å². The molecule has 0 aliphatic carbocycles. The molecule has 3 aliphatic rings. The molecule has 0 bridgehead atoms. The summed E-state index contributed by atoms with van der Waals surface area (Å²) in [6, 6.07) is 9.60. The van der Waals surface area contributed by atoms with Crippen molar-refractivity contribution in [3.05, 3.63) is 35.9 Å². The summed E-state index contributed by atoms with van der Waals surface area (Å²) in [4.78, 5) is 14.5. The fourth-order valence-electron chi connectivity index (χ4n) is 5.21. The van der Waals surface area contributed by atoms with Gasteiger partial charge in [-0.25, -0.2) is 0 Å². The maximum atomic E-state index is 13.3. The number of quaternary nitrogens is 1. The van der Waals surface area contributed by atoms with Gasteiger partial charge in [-0.3, -0.25) is 9.69 Å². The molecule has 0 unspecified atom stereocenters. The summed E-state index contributed by atoms with van der Waals surface area (Å²) in [6.45, 7) is 2.62. The third kappa shape index (κ3) is 2.10. The van der Waals surface area contributed by atoms with E-state index in [0.29, 0.717) is 6.54 Å². The Balaban J connectivity index is 1.73. The van der Waals surface area contributed by atoms with Crippen LogP contribution in [0.3, 0.4) is 0 Å². The molecule has 5 rings (SSSR count). The third-order valence-electron chi connectivity index (χ3n) is 6.41. The number of ether oxygens (including phenoxy) is 1. The molecule has 2 fully saturated rings. The van der Waals surface area contributed by atoms with Crippen LogP contribution in [0.5, 0.6) is 11.5 Å². The van der Waals surface area contributed by atoms with Gasteiger partial charge in [-0.15, -0.1) is 0 Å². The molecular formula is C21H25N2O3+. The average Bonchev–Trinajstić information content (AvgIpc) is 2.92. The highest BCUT2D eigenvalue weighted by Gasteiger charge is 2.63. The second kappa shape index (κ2) is 5.88. The highest BCUT2D eigenvalue weighted by molar-refractivity contribution is 5.97. The number of amides is 1. The van der Waals surface area contributed by atoms with Crippen molar-refractivity contribution >= 4 is 16.7 Å². The van der Waals surface area contributed by atoms with Crippen LogP contribution in [0.15, 0.2) is 30.3 Å². The Morgan fingerprint density at radius 2 is 1.88 bits per heavy atom. The van der Waals surface area contributed by atoms with Crippen LogP contribution in [0.2, 0.25) is 0 Å². The number of hydrogen-bond acceptors (Lipinski definition) is 3. The minimum absolute atomic E-state index is 0.0105. The number of nitrogens with one attached hydrogen (secondary N) is 2. The molecular weight excluding hydrogens is 328 g/mol. The summed E-state index contributed by atoms with van der Waals surface area (Å²) >= 11 is 0. The molecule has 5 heteroatoms. The molecule has 136 valence electrons. The summed E-state index contributed by atoms with van der Waals surface area (Å²) in [7, 11) is 0. The quantitative estimate of drug-likeness (QED) is 0.731. The van der Waals surface area contributed by atoms with Crippen LogP contribution in [0.25, 0.3) is 10.8 Å². The van der Waals surface area contributed by atoms with E-state index >= 15 is 0 Å². The van der Waals surface area contributed by atoms with Crippen LogP contribution < -0.4 is 15.0 Å². The summed E-state index contributed by atoms with van der Waals surface area (Å²) in [5.41, 5.74) is 0.104. The number of hydrogen-bond donors (Lipinski definition) is 3. The number of likely N-dealkylation sites (tertiary alicyclic amines) is 1. The molecule has 0 saturated carbocycles. The maximum absolute atomic E-state index is 13.3. The van der Waals surface area contributed by atoms with Gasteiger partial charge in [0.05, 0.1) is 19.0 Å². The van der Waals surface area contributed by atoms with E-state index in [0.717, 1.165) is 60.9 Å². The summed E-state index contributed by atoms with van der Waals surface area (Å²) in [6.07, 6.45) is 5.31. The molecule has 26 heavy (non-hydrogen) atoms. The van der Waals surface area contributed by atoms with E-state index < -0.39 is 5.72 Å². The number of fused-ring (bicyclic) bond motifs is 5. The summed E-state index contributed by atoms with van der Waals surface area (Å²) in [5.74, 6) is 1.07. The van der Waals surface area contributed by atoms with Crippen LogP contribution >= 0.6 is 0 Å². The minimum atomic E-state index is -0.893. The molecule has 2 saturated heterocycles. The number of benzene rings is 2. The van der Waals surface area contributed by atoms with Crippen molar-refractivity contribution in [2.75, 3.05) is 19.6 Å². The monoisotopic (exact) mass is 353 g/mol. The van der Waals surface area contributed by atoms with Gasteiger partial charge in [0.1, 0.15) is 11.5 Å². The zero-order valence-corrected chi connectivity index (χ0v) is 14.9. The SMILES string of the molecule is O=C1NCCC[C@H]2c3cc(O)c4ccccc4c3O[C@]12[NH+]1CCCCC1. The standard InChI is InChI=1S/C21H24N2O3/c24-18-13-16-17-9-6-10-22-20(25)21(17,23-11-4-1-5-12-23)26-19(16)15-8-3-2-7-14(15)18/h2-3,7-8,13,17,24H,1,4-6,9-12H2,(H,22,25)/p+1/t17-,21-/m0/s1. The lowest BCUT2D eigenvalue weighted by Gasteiger charge is -2.39. The molecule has 3 heterocycles. The lowest BCUT2D eigenvalue weighted by Crippen LogP contribution is -3.23. The zero-order chi connectivity index (χ0) is 17.7. The predicted octanol–water partition coefficient (Wildman–Crippen LogP) is 1.70. The van der Waals surface area contributed by atoms with Crippen LogP contribution in [0.1, 0.15) is 43.6 Å². The normalized spacial score (nSPS) is 28.8. The second-order valence-electron chi connectivity index (χ2n) is 7.81. The number of phenols is 1. The molecule has 2 aromatic rings. The van der Waals surface area contributed by atoms with Gasteiger partial charge < -0.3 is 15.2 Å². The first-order chi connectivity index (χ1) is 12.7. The van der Waals surface area contributed by atoms with E-state index in [2.05, 4.69) is 5.32 Å². The van der Waals surface area contributed by atoms with E-state index in [-0.39, 0.29) is 17.6 Å². The third-order valence-corrected chi connectivity index (χ3v) is 6.41. The van der Waals surface area contributed by atoms with Crippen LogP contribution in [-0.2, 0) is 4.79 Å². The van der Waals surface area contributed by atoms with E-state index in [1.165, 1.54) is 11.3 Å². The maximum Gasteiger partial charge on any atom is 0.328 e. The van der Waals surface area contributed by atoms with Gasteiger partial charge in [-0.05, 0) is 38.2 Å². The van der Waals surface area contributed by atoms with Gasteiger partial charge in [0.15, 0.2) is 0 Å². The number of piperidine rings is 1. The summed E-state index contributed by atoms with van der Waals surface area (Å²) in [5, 5.41) is 15.4. The van der Waals surface area contributed by atoms with Crippen molar-refractivity contribution in [3.63, 3.8) is 0 Å². The topological polar surface area (TPSA) is 63.0 Å². The number of rotatable bonds is 1. The molecule has 3 N–H and O–H groups in total. The van der Waals surface area contributed by atoms with Gasteiger partial charge in [0, 0.05) is 22.9 Å². The smallest absolute Gasteiger partial charge is 0.328 e. The van der Waals surface area contributed by atoms with Crippen molar-refractivity contribution in [2.45, 2.75) is 43.7 Å². The molecule has 0 aromatic heterocycles. The van der Waals surface area contributed by atoms with Gasteiger partial charge in [-0.2, -0.15) is 0 Å². The Labute approximate surface area is 152 Å². The molecule has 2 atom stereocenters. The lowest BCUT2D eigenvalue weighted by molar-refractivity contribution is -0.967. The molecule has 3 aliphatic heterocycles. The fraction of sp³-hybridized carbons (Fsp3) is 0.476. The van der Waals surface area contributed by atoms with Crippen molar-refractivity contribution in [1.82, 2.24) is 5.32 Å². The van der Waals surface area contributed by atoms with Gasteiger partial charge in [0.25, 0.3) is 0 Å². The van der Waals surface area contributed by atoms with Crippen molar-refractivity contribution in [3.8, 4) is 11.5 Å². The fourth-order valence-corrected chi connectivity index (χ4v) is 5.21. The minimum Gasteiger partial charge on any atom is -0.507 e. The first-order valence-electron chi connectivity index (χ1n) is 9.79. The predicted molar refractivity (Wildman–Crippen MR) is 98.5 cm³/mol. The Morgan fingerprint density at radius 3 is 2.69 bits per heavy atom. The molecule has 1 amide bonds. The largest absolute Gasteiger partial charge is 0.507 e. The first-order valence-corrected chi connectivity index (χ1v) is 9.79. The Morgan fingerprint density at radius 1 is 1.12 bits per heavy atom. The molecule has 5 nitrogen and oxygen atoms in total. The van der Waals surface area contributed by atoms with Crippen LogP contribution in [0.4, 0.5) is 0 Å². The van der Waals surface area contributed by atoms with Gasteiger partial charge >= 0.3 is 11.6 Å². The number of carbonyl (C=O) groups excluding carboxylic acids is 1. The van der Waals surface area contributed by atoms with E-state index in [1.54, 1.807) is 0 Å². The average molecular weight is 353 g/mol. The Bertz CT molecular complexity index is 875. The van der Waals surface area contributed by atoms with Gasteiger partial charge in [0.2, 0.25) is 0 Å². The number of phenolic OH excluding ortho intramolecular Hbond substituents is 1. The number of carbonyl (C=O) groups is 1. The number of aromatic hydroxyl groups is 1. The summed E-state index contributed by atoms with van der Waals surface area (Å²) < 4.78 is 6.64. The van der Waals surface area contributed by atoms with Crippen LogP contribution in [0, 0.1) is 0 Å². The first kappa shape index (κ1) is 15.9. The van der Waals surface area contributed by atoms with Crippen molar-refractivity contribution in [1.29, 1.82) is 0 Å². The Hall–Kier alpha value is -2.27. The highest BCUT2D eigenvalue weighted by atomic mass is 16.5. The Kier molecular flexibility index (Phi) is 3.60. The molecule has 2 aromatic carbocycles. The van der Waals surface area contributed by atoms with Crippen molar-refractivity contribution < 1.29 is 19.5 Å².